The quantitative estimate of drug-likeness (QED) is 0.344. The van der Waals surface area contributed by atoms with Crippen LogP contribution in [0.5, 0.6) is 17.2 Å². The van der Waals surface area contributed by atoms with E-state index in [0.717, 1.165) is 19.9 Å². The van der Waals surface area contributed by atoms with Crippen LogP contribution < -0.4 is 10.2 Å². The lowest BCUT2D eigenvalue weighted by Crippen LogP contribution is -2.62. The van der Waals surface area contributed by atoms with E-state index in [1.807, 2.05) is 0 Å². The predicted octanol–water partition coefficient (Wildman–Crippen LogP) is 1.19. The normalized spacial score (nSPS) is 23.4. The second kappa shape index (κ2) is 10.5. The highest BCUT2D eigenvalue weighted by Gasteiger charge is 2.50. The molecular formula is C25H24O12. The Hall–Kier alpha value is -4.13. The summed E-state index contributed by atoms with van der Waals surface area (Å²) in [4.78, 5) is 36.1. The van der Waals surface area contributed by atoms with Crippen molar-refractivity contribution in [2.75, 3.05) is 6.61 Å². The van der Waals surface area contributed by atoms with Crippen LogP contribution in [0.2, 0.25) is 0 Å². The maximum Gasteiger partial charge on any atom is 0.303 e. The number of aliphatic hydroxyl groups excluding tert-OH is 2. The molecule has 196 valence electrons. The smallest absolute Gasteiger partial charge is 0.303 e. The zero-order valence-corrected chi connectivity index (χ0v) is 19.7. The van der Waals surface area contributed by atoms with Crippen molar-refractivity contribution < 1.29 is 53.4 Å². The first kappa shape index (κ1) is 25.9. The van der Waals surface area contributed by atoms with Crippen molar-refractivity contribution in [3.05, 3.63) is 52.7 Å². The number of carbonyl (C=O) groups is 2. The van der Waals surface area contributed by atoms with Crippen molar-refractivity contribution in [3.63, 3.8) is 0 Å². The summed E-state index contributed by atoms with van der Waals surface area (Å²) in [7, 11) is 0. The summed E-state index contributed by atoms with van der Waals surface area (Å²) in [6.07, 6.45) is -7.21. The second-order valence-electron chi connectivity index (χ2n) is 8.32. The molecule has 2 unspecified atom stereocenters. The summed E-state index contributed by atoms with van der Waals surface area (Å²) in [6.45, 7) is 1.50. The zero-order valence-electron chi connectivity index (χ0n) is 19.7. The molecule has 1 aliphatic heterocycles. The number of hydrogen-bond donors (Lipinski definition) is 4. The molecule has 0 spiro atoms. The van der Waals surface area contributed by atoms with E-state index in [4.69, 9.17) is 23.4 Å². The second-order valence-corrected chi connectivity index (χ2v) is 8.32. The lowest BCUT2D eigenvalue weighted by Gasteiger charge is -2.42. The summed E-state index contributed by atoms with van der Waals surface area (Å²) >= 11 is 0. The van der Waals surface area contributed by atoms with Crippen molar-refractivity contribution in [1.29, 1.82) is 0 Å². The molecular weight excluding hydrogens is 492 g/mol. The minimum atomic E-state index is -1.55. The molecule has 5 atom stereocenters. The van der Waals surface area contributed by atoms with Crippen molar-refractivity contribution in [3.8, 4) is 28.6 Å². The number of phenolic OH excluding ortho intramolecular Hbond substituents is 2. The third-order valence-electron chi connectivity index (χ3n) is 5.59. The molecule has 2 aromatic carbocycles. The maximum absolute atomic E-state index is 12.7. The van der Waals surface area contributed by atoms with Gasteiger partial charge in [-0.2, -0.15) is 0 Å². The lowest BCUT2D eigenvalue weighted by atomic mass is 9.98. The van der Waals surface area contributed by atoms with E-state index >= 15 is 0 Å². The Morgan fingerprint density at radius 3 is 2.24 bits per heavy atom. The summed E-state index contributed by atoms with van der Waals surface area (Å²) in [5.41, 5.74) is -0.115. The van der Waals surface area contributed by atoms with Crippen LogP contribution in [0.25, 0.3) is 22.3 Å². The monoisotopic (exact) mass is 516 g/mol. The molecule has 4 rings (SSSR count). The number of ether oxygens (including phenoxy) is 4. The molecule has 1 saturated heterocycles. The molecule has 0 aliphatic carbocycles. The standard InChI is InChI=1S/C25H24O12/c1-11(27)33-23-22(32)20(10-26)37-25(24(23)34-12(2)28)35-15-7-16(30)21-17(31)9-18(36-19(21)8-15)13-3-5-14(29)6-4-13/h3-9,20,22-26,29-30,32H,10H2,1-2H3/t20?,22-,23+,24?,25-/m1/s1. The van der Waals surface area contributed by atoms with Gasteiger partial charge in [-0.25, -0.2) is 0 Å². The van der Waals surface area contributed by atoms with Gasteiger partial charge < -0.3 is 43.8 Å². The van der Waals surface area contributed by atoms with Gasteiger partial charge in [0.15, 0.2) is 11.5 Å². The molecule has 12 nitrogen and oxygen atoms in total. The van der Waals surface area contributed by atoms with E-state index in [9.17, 15) is 34.8 Å². The van der Waals surface area contributed by atoms with Gasteiger partial charge in [-0.3, -0.25) is 14.4 Å². The van der Waals surface area contributed by atoms with Gasteiger partial charge in [0.05, 0.1) is 6.61 Å². The van der Waals surface area contributed by atoms with Crippen molar-refractivity contribution in [1.82, 2.24) is 0 Å². The number of hydrogen-bond acceptors (Lipinski definition) is 12. The van der Waals surface area contributed by atoms with Gasteiger partial charge in [-0.15, -0.1) is 0 Å². The minimum absolute atomic E-state index is 0.0217. The molecule has 0 bridgehead atoms. The van der Waals surface area contributed by atoms with Crippen LogP contribution in [0.3, 0.4) is 0 Å². The van der Waals surface area contributed by atoms with Crippen LogP contribution in [0.1, 0.15) is 13.8 Å². The SMILES string of the molecule is CC(=O)OC1[C@H](Oc2cc(O)c3c(=O)cc(-c4ccc(O)cc4)oc3c2)OC(CO)[C@@H](O)[C@@H]1OC(C)=O. The Balaban J connectivity index is 1.74. The number of carbonyl (C=O) groups excluding carboxylic acids is 2. The first-order valence-electron chi connectivity index (χ1n) is 11.1. The molecule has 0 saturated carbocycles. The Bertz CT molecular complexity index is 1360. The van der Waals surface area contributed by atoms with E-state index < -0.39 is 60.4 Å². The molecule has 3 aromatic rings. The average Bonchev–Trinajstić information content (AvgIpc) is 2.82. The molecule has 37 heavy (non-hydrogen) atoms. The summed E-state index contributed by atoms with van der Waals surface area (Å²) < 4.78 is 27.5. The number of fused-ring (bicyclic) bond motifs is 1. The van der Waals surface area contributed by atoms with Crippen molar-refractivity contribution >= 4 is 22.9 Å². The van der Waals surface area contributed by atoms with Crippen LogP contribution in [0.4, 0.5) is 0 Å². The van der Waals surface area contributed by atoms with Gasteiger partial charge in [0.25, 0.3) is 0 Å². The molecule has 1 fully saturated rings. The maximum atomic E-state index is 12.7. The van der Waals surface area contributed by atoms with Crippen LogP contribution in [0, 0.1) is 0 Å². The number of rotatable bonds is 6. The van der Waals surface area contributed by atoms with Gasteiger partial charge in [0.2, 0.25) is 12.4 Å². The van der Waals surface area contributed by atoms with Gasteiger partial charge in [-0.05, 0) is 24.3 Å². The topological polar surface area (TPSA) is 182 Å². The molecule has 0 amide bonds. The fourth-order valence-corrected chi connectivity index (χ4v) is 3.99. The lowest BCUT2D eigenvalue weighted by molar-refractivity contribution is -0.285. The van der Waals surface area contributed by atoms with Crippen molar-refractivity contribution in [2.45, 2.75) is 44.6 Å². The third-order valence-corrected chi connectivity index (χ3v) is 5.59. The predicted molar refractivity (Wildman–Crippen MR) is 125 cm³/mol. The largest absolute Gasteiger partial charge is 0.508 e. The van der Waals surface area contributed by atoms with E-state index in [0.29, 0.717) is 5.56 Å². The summed E-state index contributed by atoms with van der Waals surface area (Å²) in [6, 6.07) is 9.48. The fourth-order valence-electron chi connectivity index (χ4n) is 3.99. The van der Waals surface area contributed by atoms with E-state index in [2.05, 4.69) is 0 Å². The Morgan fingerprint density at radius 2 is 1.62 bits per heavy atom. The summed E-state index contributed by atoms with van der Waals surface area (Å²) in [5, 5.41) is 40.1. The van der Waals surface area contributed by atoms with Crippen molar-refractivity contribution in [2.24, 2.45) is 0 Å². The Labute approximate surface area is 209 Å². The van der Waals surface area contributed by atoms with Crippen LogP contribution in [0.15, 0.2) is 51.7 Å². The highest BCUT2D eigenvalue weighted by Crippen LogP contribution is 2.34. The molecule has 0 radical (unpaired) electrons. The van der Waals surface area contributed by atoms with Crippen LogP contribution in [-0.2, 0) is 23.8 Å². The molecule has 2 heterocycles. The van der Waals surface area contributed by atoms with Gasteiger partial charge in [0, 0.05) is 37.6 Å². The minimum Gasteiger partial charge on any atom is -0.508 e. The zero-order chi connectivity index (χ0) is 26.9. The van der Waals surface area contributed by atoms with E-state index in [1.165, 1.54) is 36.4 Å². The molecule has 4 N–H and O–H groups in total. The third kappa shape index (κ3) is 5.50. The number of phenols is 2. The Kier molecular flexibility index (Phi) is 7.34. The van der Waals surface area contributed by atoms with E-state index in [1.54, 1.807) is 0 Å². The van der Waals surface area contributed by atoms with Gasteiger partial charge >= 0.3 is 11.9 Å². The molecule has 1 aliphatic rings. The highest BCUT2D eigenvalue weighted by molar-refractivity contribution is 5.86. The van der Waals surface area contributed by atoms with Gasteiger partial charge in [-0.1, -0.05) is 0 Å². The number of aliphatic hydroxyl groups is 2. The molecule has 1 aromatic heterocycles. The number of esters is 2. The fraction of sp³-hybridized carbons (Fsp3) is 0.320. The molecule has 12 heteroatoms. The van der Waals surface area contributed by atoms with Crippen LogP contribution >= 0.6 is 0 Å². The first-order valence-corrected chi connectivity index (χ1v) is 11.1. The van der Waals surface area contributed by atoms with Gasteiger partial charge in [0.1, 0.15) is 46.2 Å². The van der Waals surface area contributed by atoms with E-state index in [-0.39, 0.29) is 28.2 Å². The number of aromatic hydroxyl groups is 2. The first-order chi connectivity index (χ1) is 17.6. The highest BCUT2D eigenvalue weighted by atomic mass is 16.7. The number of benzene rings is 2. The average molecular weight is 516 g/mol. The Morgan fingerprint density at radius 1 is 0.973 bits per heavy atom. The summed E-state index contributed by atoms with van der Waals surface area (Å²) in [5.74, 6) is -1.97. The van der Waals surface area contributed by atoms with Crippen LogP contribution in [-0.4, -0.2) is 69.7 Å².